The lowest BCUT2D eigenvalue weighted by atomic mass is 9.94. The summed E-state index contributed by atoms with van der Waals surface area (Å²) in [6.45, 7) is 1.49. The third-order valence-electron chi connectivity index (χ3n) is 2.40. The molecule has 1 rings (SSSR count). The molecular weight excluding hydrogens is 196 g/mol. The van der Waals surface area contributed by atoms with Crippen LogP contribution in [0.25, 0.3) is 0 Å². The van der Waals surface area contributed by atoms with Crippen LogP contribution in [0.5, 0.6) is 0 Å². The van der Waals surface area contributed by atoms with Gasteiger partial charge in [-0.05, 0) is 6.92 Å². The second-order valence-corrected chi connectivity index (χ2v) is 3.70. The summed E-state index contributed by atoms with van der Waals surface area (Å²) in [5.41, 5.74) is 0. The van der Waals surface area contributed by atoms with Crippen LogP contribution in [0.1, 0.15) is 6.92 Å². The van der Waals surface area contributed by atoms with Gasteiger partial charge >= 0.3 is 11.9 Å². The van der Waals surface area contributed by atoms with Crippen molar-refractivity contribution in [1.82, 2.24) is 4.90 Å². The molecule has 1 aliphatic heterocycles. The van der Waals surface area contributed by atoms with Crippen LogP contribution in [0.4, 0.5) is 8.78 Å². The van der Waals surface area contributed by atoms with Crippen molar-refractivity contribution in [3.63, 3.8) is 0 Å². The van der Waals surface area contributed by atoms with Gasteiger partial charge in [0.05, 0.1) is 12.6 Å². The topological polar surface area (TPSA) is 60.8 Å². The molecule has 1 heterocycles. The molecule has 4 nitrogen and oxygen atoms in total. The van der Waals surface area contributed by atoms with Crippen LogP contribution in [0.2, 0.25) is 0 Å². The minimum absolute atomic E-state index is 0.0143. The summed E-state index contributed by atoms with van der Waals surface area (Å²) in [5.74, 6) is -5.80. The van der Waals surface area contributed by atoms with E-state index in [-0.39, 0.29) is 5.92 Å². The van der Waals surface area contributed by atoms with Gasteiger partial charge in [0.2, 0.25) is 0 Å². The summed E-state index contributed by atoms with van der Waals surface area (Å²) in [5, 5.41) is 17.2. The third-order valence-corrected chi connectivity index (χ3v) is 2.40. The van der Waals surface area contributed by atoms with Crippen molar-refractivity contribution in [2.24, 2.45) is 5.92 Å². The van der Waals surface area contributed by atoms with Gasteiger partial charge in [0.1, 0.15) is 0 Å². The number of aliphatic hydroxyl groups excluding tert-OH is 1. The molecule has 82 valence electrons. The number of halogens is 2. The second-order valence-electron chi connectivity index (χ2n) is 3.70. The molecule has 14 heavy (non-hydrogen) atoms. The normalized spacial score (nSPS) is 21.7. The van der Waals surface area contributed by atoms with E-state index in [1.54, 1.807) is 6.92 Å². The highest BCUT2D eigenvalue weighted by atomic mass is 19.3. The Morgan fingerprint density at radius 3 is 2.50 bits per heavy atom. The molecule has 0 unspecified atom stereocenters. The third kappa shape index (κ3) is 2.39. The first-order valence-corrected chi connectivity index (χ1v) is 4.34. The summed E-state index contributed by atoms with van der Waals surface area (Å²) in [6.07, 6.45) is -0.523. The maximum absolute atomic E-state index is 12.6. The van der Waals surface area contributed by atoms with E-state index in [4.69, 9.17) is 10.2 Å². The largest absolute Gasteiger partial charge is 0.477 e. The Morgan fingerprint density at radius 1 is 1.64 bits per heavy atom. The number of carboxylic acids is 1. The number of aliphatic carboxylic acids is 1. The SMILES string of the molecule is C[C@H](O)C1CN(CC(F)(F)C(=O)O)C1. The van der Waals surface area contributed by atoms with Crippen molar-refractivity contribution in [3.8, 4) is 0 Å². The Balaban J connectivity index is 2.32. The molecule has 0 aromatic rings. The lowest BCUT2D eigenvalue weighted by Gasteiger charge is -2.41. The molecule has 0 radical (unpaired) electrons. The van der Waals surface area contributed by atoms with Gasteiger partial charge in [0.15, 0.2) is 0 Å². The predicted molar refractivity (Wildman–Crippen MR) is 44.2 cm³/mol. The van der Waals surface area contributed by atoms with Gasteiger partial charge < -0.3 is 10.2 Å². The second kappa shape index (κ2) is 3.78. The highest BCUT2D eigenvalue weighted by molar-refractivity contribution is 5.75. The fourth-order valence-electron chi connectivity index (χ4n) is 1.39. The minimum Gasteiger partial charge on any atom is -0.477 e. The number of carboxylic acid groups (broad SMARTS) is 1. The quantitative estimate of drug-likeness (QED) is 0.685. The predicted octanol–water partition coefficient (Wildman–Crippen LogP) is 0.0189. The molecule has 0 aromatic carbocycles. The molecule has 6 heteroatoms. The van der Waals surface area contributed by atoms with Gasteiger partial charge in [-0.15, -0.1) is 0 Å². The summed E-state index contributed by atoms with van der Waals surface area (Å²) >= 11 is 0. The van der Waals surface area contributed by atoms with E-state index < -0.39 is 24.5 Å². The van der Waals surface area contributed by atoms with E-state index in [2.05, 4.69) is 0 Å². The zero-order chi connectivity index (χ0) is 10.9. The smallest absolute Gasteiger partial charge is 0.375 e. The number of alkyl halides is 2. The first kappa shape index (κ1) is 11.3. The van der Waals surface area contributed by atoms with Crippen molar-refractivity contribution >= 4 is 5.97 Å². The van der Waals surface area contributed by atoms with Crippen LogP contribution in [-0.2, 0) is 4.79 Å². The minimum atomic E-state index is -3.69. The van der Waals surface area contributed by atoms with Crippen molar-refractivity contribution in [1.29, 1.82) is 0 Å². The van der Waals surface area contributed by atoms with E-state index >= 15 is 0 Å². The number of likely N-dealkylation sites (tertiary alicyclic amines) is 1. The van der Waals surface area contributed by atoms with Crippen molar-refractivity contribution < 1.29 is 23.8 Å². The first-order valence-electron chi connectivity index (χ1n) is 4.34. The summed E-state index contributed by atoms with van der Waals surface area (Å²) < 4.78 is 25.3. The Morgan fingerprint density at radius 2 is 2.14 bits per heavy atom. The molecular formula is C8H13F2NO3. The Hall–Kier alpha value is -0.750. The fraction of sp³-hybridized carbons (Fsp3) is 0.875. The molecule has 0 saturated carbocycles. The summed E-state index contributed by atoms with van der Waals surface area (Å²) in [6, 6.07) is 0. The standard InChI is InChI=1S/C8H13F2NO3/c1-5(12)6-2-11(3-6)4-8(9,10)7(13)14/h5-6,12H,2-4H2,1H3,(H,13,14)/t5-/m0/s1. The van der Waals surface area contributed by atoms with Gasteiger partial charge in [0.25, 0.3) is 0 Å². The van der Waals surface area contributed by atoms with Crippen molar-refractivity contribution in [2.45, 2.75) is 19.0 Å². The molecule has 1 saturated heterocycles. The van der Waals surface area contributed by atoms with E-state index in [0.717, 1.165) is 0 Å². The number of carbonyl (C=O) groups is 1. The average molecular weight is 209 g/mol. The monoisotopic (exact) mass is 209 g/mol. The molecule has 0 spiro atoms. The summed E-state index contributed by atoms with van der Waals surface area (Å²) in [7, 11) is 0. The highest BCUT2D eigenvalue weighted by Gasteiger charge is 2.44. The zero-order valence-electron chi connectivity index (χ0n) is 7.78. The Kier molecular flexibility index (Phi) is 3.06. The van der Waals surface area contributed by atoms with Crippen LogP contribution in [0, 0.1) is 5.92 Å². The molecule has 1 fully saturated rings. The number of hydrogen-bond donors (Lipinski definition) is 2. The Labute approximate surface area is 80.1 Å². The maximum Gasteiger partial charge on any atom is 0.375 e. The molecule has 0 aliphatic carbocycles. The lowest BCUT2D eigenvalue weighted by Crippen LogP contribution is -2.56. The van der Waals surface area contributed by atoms with E-state index in [0.29, 0.717) is 13.1 Å². The average Bonchev–Trinajstić information content (AvgIpc) is 1.94. The molecule has 1 atom stereocenters. The fourth-order valence-corrected chi connectivity index (χ4v) is 1.39. The van der Waals surface area contributed by atoms with Crippen LogP contribution < -0.4 is 0 Å². The highest BCUT2D eigenvalue weighted by Crippen LogP contribution is 2.24. The summed E-state index contributed by atoms with van der Waals surface area (Å²) in [4.78, 5) is 11.4. The van der Waals surface area contributed by atoms with Crippen molar-refractivity contribution in [3.05, 3.63) is 0 Å². The van der Waals surface area contributed by atoms with Gasteiger partial charge in [-0.1, -0.05) is 0 Å². The van der Waals surface area contributed by atoms with Gasteiger partial charge in [0, 0.05) is 19.0 Å². The van der Waals surface area contributed by atoms with E-state index in [1.807, 2.05) is 0 Å². The molecule has 2 N–H and O–H groups in total. The first-order chi connectivity index (χ1) is 6.33. The van der Waals surface area contributed by atoms with Gasteiger partial charge in [-0.25, -0.2) is 4.79 Å². The van der Waals surface area contributed by atoms with Crippen LogP contribution in [-0.4, -0.2) is 52.7 Å². The van der Waals surface area contributed by atoms with Crippen molar-refractivity contribution in [2.75, 3.05) is 19.6 Å². The van der Waals surface area contributed by atoms with Gasteiger partial charge in [-0.3, -0.25) is 4.90 Å². The van der Waals surface area contributed by atoms with E-state index in [9.17, 15) is 13.6 Å². The molecule has 1 aliphatic rings. The number of hydrogen-bond acceptors (Lipinski definition) is 3. The molecule has 0 bridgehead atoms. The van der Waals surface area contributed by atoms with Crippen LogP contribution in [0.15, 0.2) is 0 Å². The molecule has 0 aromatic heterocycles. The number of rotatable bonds is 4. The number of aliphatic hydroxyl groups is 1. The Bertz CT molecular complexity index is 227. The number of nitrogens with zero attached hydrogens (tertiary/aromatic N) is 1. The van der Waals surface area contributed by atoms with Gasteiger partial charge in [-0.2, -0.15) is 8.78 Å². The van der Waals surface area contributed by atoms with Crippen LogP contribution >= 0.6 is 0 Å². The molecule has 0 amide bonds. The maximum atomic E-state index is 12.6. The van der Waals surface area contributed by atoms with Crippen LogP contribution in [0.3, 0.4) is 0 Å². The van der Waals surface area contributed by atoms with E-state index in [1.165, 1.54) is 4.90 Å². The lowest BCUT2D eigenvalue weighted by molar-refractivity contribution is -0.170. The zero-order valence-corrected chi connectivity index (χ0v) is 7.78.